The second-order valence-electron chi connectivity index (χ2n) is 5.30. The van der Waals surface area contributed by atoms with E-state index >= 15 is 0 Å². The summed E-state index contributed by atoms with van der Waals surface area (Å²) in [5.41, 5.74) is 2.66. The van der Waals surface area contributed by atoms with E-state index in [1.807, 2.05) is 49.4 Å². The first-order chi connectivity index (χ1) is 11.1. The smallest absolute Gasteiger partial charge is 0.223 e. The molecule has 0 aliphatic heterocycles. The van der Waals surface area contributed by atoms with Crippen molar-refractivity contribution in [1.82, 2.24) is 10.3 Å². The Kier molecular flexibility index (Phi) is 5.86. The highest BCUT2D eigenvalue weighted by atomic mass is 16.2. The fourth-order valence-corrected chi connectivity index (χ4v) is 2.31. The van der Waals surface area contributed by atoms with Crippen LogP contribution in [0.2, 0.25) is 0 Å². The minimum Gasteiger partial charge on any atom is -0.350 e. The van der Waals surface area contributed by atoms with Gasteiger partial charge in [-0.15, -0.1) is 0 Å². The molecule has 0 aliphatic rings. The molecule has 120 valence electrons. The third-order valence-corrected chi connectivity index (χ3v) is 3.54. The Morgan fingerprint density at radius 2 is 1.87 bits per heavy atom. The van der Waals surface area contributed by atoms with Crippen molar-refractivity contribution in [3.63, 3.8) is 0 Å². The number of benzene rings is 1. The zero-order valence-corrected chi connectivity index (χ0v) is 13.5. The van der Waals surface area contributed by atoms with Gasteiger partial charge in [0.05, 0.1) is 12.2 Å². The topological polar surface area (TPSA) is 62.3 Å². The molecule has 23 heavy (non-hydrogen) atoms. The summed E-state index contributed by atoms with van der Waals surface area (Å²) in [7, 11) is 0. The Morgan fingerprint density at radius 1 is 1.13 bits per heavy atom. The molecule has 2 amide bonds. The summed E-state index contributed by atoms with van der Waals surface area (Å²) in [5, 5.41) is 2.82. The molecule has 1 aromatic carbocycles. The standard InChI is InChI=1S/C18H21N3O2/c1-14-7-3-4-9-17(14)21(15(2)22)12-10-18(23)20-13-16-8-5-6-11-19-16/h3-9,11H,10,12-13H2,1-2H3,(H,20,23). The normalized spacial score (nSPS) is 10.2. The molecular weight excluding hydrogens is 290 g/mol. The van der Waals surface area contributed by atoms with E-state index in [2.05, 4.69) is 10.3 Å². The molecule has 2 aromatic rings. The lowest BCUT2D eigenvalue weighted by Gasteiger charge is -2.22. The van der Waals surface area contributed by atoms with Gasteiger partial charge in [0.2, 0.25) is 11.8 Å². The lowest BCUT2D eigenvalue weighted by Crippen LogP contribution is -2.34. The summed E-state index contributed by atoms with van der Waals surface area (Å²) in [6, 6.07) is 13.2. The minimum atomic E-state index is -0.101. The first kappa shape index (κ1) is 16.7. The molecule has 1 heterocycles. The van der Waals surface area contributed by atoms with Gasteiger partial charge in [-0.1, -0.05) is 24.3 Å². The van der Waals surface area contributed by atoms with Crippen LogP contribution >= 0.6 is 0 Å². The molecule has 0 fully saturated rings. The number of anilines is 1. The van der Waals surface area contributed by atoms with Crippen LogP contribution in [0, 0.1) is 6.92 Å². The summed E-state index contributed by atoms with van der Waals surface area (Å²) in [6.07, 6.45) is 1.94. The minimum absolute atomic E-state index is 0.0724. The number of rotatable bonds is 6. The predicted molar refractivity (Wildman–Crippen MR) is 89.9 cm³/mol. The highest BCUT2D eigenvalue weighted by Crippen LogP contribution is 2.19. The largest absolute Gasteiger partial charge is 0.350 e. The molecule has 0 aliphatic carbocycles. The van der Waals surface area contributed by atoms with Crippen LogP contribution in [0.5, 0.6) is 0 Å². The third-order valence-electron chi connectivity index (χ3n) is 3.54. The van der Waals surface area contributed by atoms with Gasteiger partial charge < -0.3 is 10.2 Å². The first-order valence-corrected chi connectivity index (χ1v) is 7.58. The number of hydrogen-bond acceptors (Lipinski definition) is 3. The number of para-hydroxylation sites is 1. The number of nitrogens with one attached hydrogen (secondary N) is 1. The molecule has 0 saturated carbocycles. The van der Waals surface area contributed by atoms with Gasteiger partial charge in [0.25, 0.3) is 0 Å². The van der Waals surface area contributed by atoms with Crippen molar-refractivity contribution in [2.75, 3.05) is 11.4 Å². The Morgan fingerprint density at radius 3 is 2.52 bits per heavy atom. The number of amides is 2. The molecule has 5 nitrogen and oxygen atoms in total. The van der Waals surface area contributed by atoms with Gasteiger partial charge in [0, 0.05) is 31.8 Å². The van der Waals surface area contributed by atoms with Crippen molar-refractivity contribution in [2.45, 2.75) is 26.8 Å². The second-order valence-corrected chi connectivity index (χ2v) is 5.30. The molecule has 0 saturated heterocycles. The average Bonchev–Trinajstić information content (AvgIpc) is 2.55. The van der Waals surface area contributed by atoms with E-state index in [0.29, 0.717) is 13.1 Å². The van der Waals surface area contributed by atoms with Crippen molar-refractivity contribution in [2.24, 2.45) is 0 Å². The van der Waals surface area contributed by atoms with E-state index < -0.39 is 0 Å². The van der Waals surface area contributed by atoms with Crippen molar-refractivity contribution < 1.29 is 9.59 Å². The number of nitrogens with zero attached hydrogens (tertiary/aromatic N) is 2. The van der Waals surface area contributed by atoms with Crippen LogP contribution in [0.25, 0.3) is 0 Å². The number of carbonyl (C=O) groups is 2. The highest BCUT2D eigenvalue weighted by molar-refractivity contribution is 5.93. The van der Waals surface area contributed by atoms with Crippen LogP contribution in [-0.2, 0) is 16.1 Å². The van der Waals surface area contributed by atoms with Gasteiger partial charge >= 0.3 is 0 Å². The molecule has 1 N–H and O–H groups in total. The molecule has 0 unspecified atom stereocenters. The van der Waals surface area contributed by atoms with Gasteiger partial charge in [-0.25, -0.2) is 0 Å². The number of aromatic nitrogens is 1. The zero-order chi connectivity index (χ0) is 16.7. The Bertz CT molecular complexity index is 671. The molecule has 5 heteroatoms. The van der Waals surface area contributed by atoms with Gasteiger partial charge in [0.15, 0.2) is 0 Å². The monoisotopic (exact) mass is 311 g/mol. The molecule has 0 spiro atoms. The van der Waals surface area contributed by atoms with Crippen molar-refractivity contribution in [3.05, 3.63) is 59.9 Å². The van der Waals surface area contributed by atoms with Gasteiger partial charge in [-0.05, 0) is 30.7 Å². The molecule has 1 aromatic heterocycles. The van der Waals surface area contributed by atoms with Crippen LogP contribution in [0.1, 0.15) is 24.6 Å². The van der Waals surface area contributed by atoms with Crippen molar-refractivity contribution >= 4 is 17.5 Å². The number of carbonyl (C=O) groups excluding carboxylic acids is 2. The first-order valence-electron chi connectivity index (χ1n) is 7.58. The van der Waals surface area contributed by atoms with Gasteiger partial charge in [-0.3, -0.25) is 14.6 Å². The van der Waals surface area contributed by atoms with E-state index in [1.54, 1.807) is 11.1 Å². The highest BCUT2D eigenvalue weighted by Gasteiger charge is 2.14. The Hall–Kier alpha value is -2.69. The van der Waals surface area contributed by atoms with E-state index in [1.165, 1.54) is 6.92 Å². The summed E-state index contributed by atoms with van der Waals surface area (Å²) in [6.45, 7) is 4.21. The lowest BCUT2D eigenvalue weighted by atomic mass is 10.1. The fraction of sp³-hybridized carbons (Fsp3) is 0.278. The molecule has 0 bridgehead atoms. The number of pyridine rings is 1. The fourth-order valence-electron chi connectivity index (χ4n) is 2.31. The van der Waals surface area contributed by atoms with E-state index in [9.17, 15) is 9.59 Å². The second kappa shape index (κ2) is 8.08. The van der Waals surface area contributed by atoms with Crippen molar-refractivity contribution in [3.8, 4) is 0 Å². The predicted octanol–water partition coefficient (Wildman–Crippen LogP) is 2.45. The van der Waals surface area contributed by atoms with Crippen LogP contribution in [0.4, 0.5) is 5.69 Å². The SMILES string of the molecule is CC(=O)N(CCC(=O)NCc1ccccn1)c1ccccc1C. The van der Waals surface area contributed by atoms with E-state index in [-0.39, 0.29) is 18.2 Å². The van der Waals surface area contributed by atoms with Crippen LogP contribution in [0.3, 0.4) is 0 Å². The van der Waals surface area contributed by atoms with E-state index in [4.69, 9.17) is 0 Å². The van der Waals surface area contributed by atoms with Crippen LogP contribution in [0.15, 0.2) is 48.7 Å². The summed E-state index contributed by atoms with van der Waals surface area (Å²) >= 11 is 0. The van der Waals surface area contributed by atoms with Gasteiger partial charge in [-0.2, -0.15) is 0 Å². The molecule has 0 atom stereocenters. The summed E-state index contributed by atoms with van der Waals surface area (Å²) in [5.74, 6) is -0.174. The number of aryl methyl sites for hydroxylation is 1. The maximum absolute atomic E-state index is 12.0. The quantitative estimate of drug-likeness (QED) is 0.891. The maximum Gasteiger partial charge on any atom is 0.223 e. The Balaban J connectivity index is 1.90. The third kappa shape index (κ3) is 4.92. The summed E-state index contributed by atoms with van der Waals surface area (Å²) < 4.78 is 0. The summed E-state index contributed by atoms with van der Waals surface area (Å²) in [4.78, 5) is 29.6. The molecule has 0 radical (unpaired) electrons. The van der Waals surface area contributed by atoms with Gasteiger partial charge in [0.1, 0.15) is 0 Å². The van der Waals surface area contributed by atoms with E-state index in [0.717, 1.165) is 16.9 Å². The number of hydrogen-bond donors (Lipinski definition) is 1. The molecule has 2 rings (SSSR count). The van der Waals surface area contributed by atoms with Crippen LogP contribution in [-0.4, -0.2) is 23.3 Å². The zero-order valence-electron chi connectivity index (χ0n) is 13.5. The lowest BCUT2D eigenvalue weighted by molar-refractivity contribution is -0.121. The molecular formula is C18H21N3O2. The maximum atomic E-state index is 12.0. The average molecular weight is 311 g/mol. The Labute approximate surface area is 136 Å². The van der Waals surface area contributed by atoms with Crippen molar-refractivity contribution in [1.29, 1.82) is 0 Å². The van der Waals surface area contributed by atoms with Crippen LogP contribution < -0.4 is 10.2 Å².